The molecular formula is C89H62O57. The lowest BCUT2D eigenvalue weighted by Gasteiger charge is -2.43. The minimum atomic E-state index is -3.22. The molecule has 0 radical (unpaired) electrons. The van der Waals surface area contributed by atoms with Crippen LogP contribution in [-0.4, -0.2) is 304 Å². The van der Waals surface area contributed by atoms with Crippen LogP contribution in [0.5, 0.6) is 201 Å². The van der Waals surface area contributed by atoms with Crippen LogP contribution in [0.15, 0.2) is 97.1 Å². The van der Waals surface area contributed by atoms with Crippen molar-refractivity contribution in [3.63, 3.8) is 0 Å². The molecule has 0 aromatic heterocycles. The minimum Gasteiger partial charge on any atom is -0.504 e. The molecule has 11 aromatic rings. The second-order valence-electron chi connectivity index (χ2n) is 31.1. The zero-order valence-electron chi connectivity index (χ0n) is 71.4. The third-order valence-corrected chi connectivity index (χ3v) is 22.0. The molecule has 10 atom stereocenters. The van der Waals surface area contributed by atoms with E-state index in [4.69, 9.17) is 66.3 Å². The lowest BCUT2D eigenvalue weighted by atomic mass is 9.91. The van der Waals surface area contributed by atoms with Crippen LogP contribution in [0.4, 0.5) is 0 Å². The van der Waals surface area contributed by atoms with Crippen molar-refractivity contribution in [2.24, 2.45) is 0 Å². The van der Waals surface area contributed by atoms with Crippen LogP contribution < -0.4 is 9.47 Å². The average Bonchev–Trinajstić information content (AvgIpc) is 1.41. The van der Waals surface area contributed by atoms with E-state index in [-0.39, 0.29) is 42.5 Å². The molecule has 4 heterocycles. The Bertz CT molecular complexity index is 7410. The monoisotopic (exact) mass is 2040 g/mol. The first kappa shape index (κ1) is 99.4. The predicted molar refractivity (Wildman–Crippen MR) is 452 cm³/mol. The number of esters is 10. The molecule has 4 aliphatic heterocycles. The lowest BCUT2D eigenvalue weighted by molar-refractivity contribution is -0.282. The van der Waals surface area contributed by atoms with Crippen LogP contribution in [0.2, 0.25) is 0 Å². The number of rotatable bonds is 17. The van der Waals surface area contributed by atoms with E-state index in [2.05, 4.69) is 0 Å². The number of aromatic hydroxyl groups is 31. The summed E-state index contributed by atoms with van der Waals surface area (Å²) >= 11 is 0. The molecule has 2 saturated heterocycles. The number of phenolic OH excluding ortho intramolecular Hbond substituents is 31. The van der Waals surface area contributed by atoms with Crippen LogP contribution >= 0.6 is 0 Å². The Morgan fingerprint density at radius 3 is 0.822 bits per heavy atom. The number of carboxylic acids is 1. The number of benzene rings is 11. The van der Waals surface area contributed by atoms with Crippen LogP contribution in [0, 0.1) is 0 Å². The van der Waals surface area contributed by atoms with Crippen molar-refractivity contribution in [3.05, 3.63) is 158 Å². The van der Waals surface area contributed by atoms with Crippen molar-refractivity contribution in [2.75, 3.05) is 13.2 Å². The van der Waals surface area contributed by atoms with Crippen molar-refractivity contribution in [1.29, 1.82) is 0 Å². The molecule has 0 amide bonds. The highest BCUT2D eigenvalue weighted by molar-refractivity contribution is 6.11. The molecule has 11 aromatic carbocycles. The van der Waals surface area contributed by atoms with Crippen LogP contribution in [0.1, 0.15) is 114 Å². The van der Waals surface area contributed by atoms with Gasteiger partial charge in [-0.05, 0) is 78.9 Å². The maximum atomic E-state index is 15.6. The number of hydrogen-bond donors (Lipinski definition) is 32. The van der Waals surface area contributed by atoms with Gasteiger partial charge in [0.25, 0.3) is 0 Å². The van der Waals surface area contributed by atoms with E-state index in [1.54, 1.807) is 0 Å². The molecule has 10 unspecified atom stereocenters. The third kappa shape index (κ3) is 17.7. The van der Waals surface area contributed by atoms with Gasteiger partial charge in [0.2, 0.25) is 76.5 Å². The van der Waals surface area contributed by atoms with Gasteiger partial charge in [0.15, 0.2) is 174 Å². The molecule has 760 valence electrons. The van der Waals surface area contributed by atoms with Crippen molar-refractivity contribution >= 4 is 65.7 Å². The number of carbonyl (C=O) groups excluding carboxylic acids is 10. The van der Waals surface area contributed by atoms with Gasteiger partial charge >= 0.3 is 65.7 Å². The number of fused-ring (bicyclic) bond motifs is 8. The second-order valence-corrected chi connectivity index (χ2v) is 31.1. The fourth-order valence-corrected chi connectivity index (χ4v) is 14.9. The SMILES string of the molecule is O=C(OC1OC2COC(=O)c3cc(O)c(O)c(O)c3-c3c(cc(O)c(O)c3O)C(=O)OC2C(OC(=O)c2cc(O)c(O)c(O)c2)C1OC(=O)c1cc(O)c(O)c(O)c1)c1cc(O)c(O)c(Oc2c(C(=O)OC3OC4COC(=O)c5cc(Oc6c(C(=O)O)cc(O)c(O)c6O)c(O)c(O)c5-c5c(cc(O)c(O)c5O)C(=O)OC4C(OC(=O)c4cc(O)c(O)c(O)c4)C3OC(=O)c3cc(O)c(O)c(O)c3)cc(O)c(O)c2O)c1. The van der Waals surface area contributed by atoms with Crippen molar-refractivity contribution in [3.8, 4) is 223 Å². The molecule has 0 aliphatic carbocycles. The minimum absolute atomic E-state index is 0.0572. The van der Waals surface area contributed by atoms with E-state index >= 15 is 24.0 Å². The van der Waals surface area contributed by atoms with E-state index in [0.717, 1.165) is 0 Å². The van der Waals surface area contributed by atoms with Gasteiger partial charge in [-0.25, -0.2) is 52.7 Å². The first-order valence-electron chi connectivity index (χ1n) is 40.1. The number of aromatic carboxylic acids is 1. The van der Waals surface area contributed by atoms with E-state index in [0.29, 0.717) is 54.6 Å². The first-order valence-corrected chi connectivity index (χ1v) is 40.1. The second kappa shape index (κ2) is 37.3. The zero-order chi connectivity index (χ0) is 107. The smallest absolute Gasteiger partial charge is 0.344 e. The van der Waals surface area contributed by atoms with Gasteiger partial charge in [-0.15, -0.1) is 0 Å². The Balaban J connectivity index is 0.848. The Morgan fingerprint density at radius 1 is 0.240 bits per heavy atom. The number of carboxylic acid groups (broad SMARTS) is 1. The summed E-state index contributed by atoms with van der Waals surface area (Å²) in [7, 11) is 0. The summed E-state index contributed by atoms with van der Waals surface area (Å²) in [5.74, 6) is -75.6. The van der Waals surface area contributed by atoms with Crippen LogP contribution in [-0.2, 0) is 56.8 Å². The van der Waals surface area contributed by atoms with Gasteiger partial charge in [-0.3, -0.25) is 0 Å². The Kier molecular flexibility index (Phi) is 25.4. The van der Waals surface area contributed by atoms with Gasteiger partial charge in [-0.1, -0.05) is 0 Å². The number of hydrogen-bond acceptors (Lipinski definition) is 56. The molecule has 57 nitrogen and oxygen atoms in total. The first-order chi connectivity index (χ1) is 68.7. The summed E-state index contributed by atoms with van der Waals surface area (Å²) in [5, 5.41) is 349. The maximum absolute atomic E-state index is 15.6. The Labute approximate surface area is 801 Å². The number of cyclic esters (lactones) is 2. The fourth-order valence-electron chi connectivity index (χ4n) is 14.9. The average molecular weight is 2040 g/mol. The molecule has 0 bridgehead atoms. The van der Waals surface area contributed by atoms with E-state index < -0.39 is 425 Å². The third-order valence-electron chi connectivity index (χ3n) is 22.0. The van der Waals surface area contributed by atoms with Crippen molar-refractivity contribution in [1.82, 2.24) is 0 Å². The van der Waals surface area contributed by atoms with Gasteiger partial charge in [-0.2, -0.15) is 0 Å². The van der Waals surface area contributed by atoms with Crippen LogP contribution in [0.3, 0.4) is 0 Å². The van der Waals surface area contributed by atoms with Gasteiger partial charge in [0, 0.05) is 40.5 Å². The standard InChI is InChI=1S/C89H62O57/c90-30-1-19(2-31(91)52(30)104)78(123)141-73-71-46(17-133-83(128)24-11-39(99)57(109)63(115)48(24)49-25(85(130)139-71)12-40(100)58(110)64(49)116)137-88(75(73)143-80(125)21-5-34(94)54(106)35(95)6-21)145-82(127)23-9-38(98)56(108)44(10-23)135-70-29(15-43(103)61(113)68(70)120)87(132)146-89-76(144-81(126)22-7-36(96)55(107)37(97)8-22)74(142-79(124)20-3-32(92)53(105)33(93)4-20)72-47(138-89)18-134-84(129)27-16-45(136-69-28(77(121)122)14-42(102)60(112)67(69)119)62(114)66(118)51(27)50-26(86(131)140-72)13-41(101)59(111)65(50)117/h1-16,46-47,71-76,88-120H,17-18H2,(H,121,122). The summed E-state index contributed by atoms with van der Waals surface area (Å²) in [4.78, 5) is 162. The molecule has 0 spiro atoms. The summed E-state index contributed by atoms with van der Waals surface area (Å²) < 4.78 is 80.0. The summed E-state index contributed by atoms with van der Waals surface area (Å²) in [6.07, 6.45) is -29.4. The summed E-state index contributed by atoms with van der Waals surface area (Å²) in [5.41, 5.74) is -19.4. The Hall–Kier alpha value is -21.1. The summed E-state index contributed by atoms with van der Waals surface area (Å²) in [6.45, 7) is -3.33. The molecule has 2 fully saturated rings. The molecular weight excluding hydrogens is 1980 g/mol. The Morgan fingerprint density at radius 2 is 0.486 bits per heavy atom. The molecule has 32 N–H and O–H groups in total. The van der Waals surface area contributed by atoms with E-state index in [9.17, 15) is 192 Å². The topological polar surface area (TPSA) is 964 Å². The molecule has 57 heteroatoms. The molecule has 15 rings (SSSR count). The van der Waals surface area contributed by atoms with E-state index in [1.165, 1.54) is 0 Å². The lowest BCUT2D eigenvalue weighted by Crippen LogP contribution is -2.63. The highest BCUT2D eigenvalue weighted by Gasteiger charge is 2.59. The van der Waals surface area contributed by atoms with Gasteiger partial charge in [0.05, 0.1) is 50.1 Å². The highest BCUT2D eigenvalue weighted by Crippen LogP contribution is 2.59. The molecule has 0 saturated carbocycles. The number of phenols is 31. The fraction of sp³-hybridized carbons (Fsp3) is 0.135. The quantitative estimate of drug-likeness (QED) is 0.0335. The van der Waals surface area contributed by atoms with Gasteiger partial charge in [0.1, 0.15) is 36.5 Å². The van der Waals surface area contributed by atoms with Crippen molar-refractivity contribution in [2.45, 2.75) is 61.4 Å². The largest absolute Gasteiger partial charge is 0.504 e. The zero-order valence-corrected chi connectivity index (χ0v) is 71.4. The van der Waals surface area contributed by atoms with Crippen molar-refractivity contribution < 1.29 is 282 Å². The summed E-state index contributed by atoms with van der Waals surface area (Å²) in [6, 6.07) is 4.54. The maximum Gasteiger partial charge on any atom is 0.344 e. The number of ether oxygens (including phenoxy) is 14. The molecule has 4 aliphatic rings. The normalized spacial score (nSPS) is 18.4. The highest BCUT2D eigenvalue weighted by atomic mass is 16.8. The van der Waals surface area contributed by atoms with Gasteiger partial charge < -0.3 is 230 Å². The number of carbonyl (C=O) groups is 11. The van der Waals surface area contributed by atoms with Crippen LogP contribution in [0.25, 0.3) is 22.3 Å². The van der Waals surface area contributed by atoms with E-state index in [1.807, 2.05) is 0 Å². The molecule has 146 heavy (non-hydrogen) atoms. The predicted octanol–water partition coefficient (Wildman–Crippen LogP) is 4.63.